The summed E-state index contributed by atoms with van der Waals surface area (Å²) in [5, 5.41) is 5.63. The number of benzene rings is 1. The van der Waals surface area contributed by atoms with Crippen molar-refractivity contribution in [3.63, 3.8) is 0 Å². The molecule has 1 saturated heterocycles. The zero-order chi connectivity index (χ0) is 18.2. The van der Waals surface area contributed by atoms with E-state index in [0.29, 0.717) is 19.5 Å². The van der Waals surface area contributed by atoms with Gasteiger partial charge in [0.2, 0.25) is 11.8 Å². The van der Waals surface area contributed by atoms with Crippen molar-refractivity contribution in [2.24, 2.45) is 0 Å². The molecule has 0 unspecified atom stereocenters. The van der Waals surface area contributed by atoms with E-state index in [9.17, 15) is 14.0 Å². The lowest BCUT2D eigenvalue weighted by Crippen LogP contribution is -2.42. The molecule has 0 spiro atoms. The Morgan fingerprint density at radius 1 is 1.24 bits per heavy atom. The van der Waals surface area contributed by atoms with Crippen molar-refractivity contribution in [1.29, 1.82) is 0 Å². The lowest BCUT2D eigenvalue weighted by Gasteiger charge is -2.25. The van der Waals surface area contributed by atoms with Gasteiger partial charge in [0.15, 0.2) is 11.6 Å². The first-order valence-electron chi connectivity index (χ1n) is 8.57. The lowest BCUT2D eigenvalue weighted by molar-refractivity contribution is -0.122. The van der Waals surface area contributed by atoms with Crippen molar-refractivity contribution in [3.8, 4) is 5.75 Å². The van der Waals surface area contributed by atoms with Gasteiger partial charge in [-0.15, -0.1) is 0 Å². The summed E-state index contributed by atoms with van der Waals surface area (Å²) >= 11 is 0. The van der Waals surface area contributed by atoms with E-state index in [2.05, 4.69) is 15.5 Å². The molecule has 0 radical (unpaired) electrons. The van der Waals surface area contributed by atoms with Crippen LogP contribution in [-0.4, -0.2) is 55.5 Å². The van der Waals surface area contributed by atoms with Crippen LogP contribution in [0, 0.1) is 5.82 Å². The molecular weight excluding hydrogens is 325 g/mol. The highest BCUT2D eigenvalue weighted by Crippen LogP contribution is 2.24. The summed E-state index contributed by atoms with van der Waals surface area (Å²) in [6.45, 7) is 2.67. The third kappa shape index (κ3) is 6.01. The molecule has 2 rings (SSSR count). The molecule has 2 N–H and O–H groups in total. The Morgan fingerprint density at radius 3 is 2.68 bits per heavy atom. The monoisotopic (exact) mass is 351 g/mol. The van der Waals surface area contributed by atoms with Crippen LogP contribution >= 0.6 is 0 Å². The van der Waals surface area contributed by atoms with Crippen LogP contribution in [0.2, 0.25) is 0 Å². The fourth-order valence-electron chi connectivity index (χ4n) is 3.04. The third-order valence-corrected chi connectivity index (χ3v) is 4.51. The van der Waals surface area contributed by atoms with E-state index in [1.165, 1.54) is 13.0 Å². The van der Waals surface area contributed by atoms with Gasteiger partial charge in [0.05, 0.1) is 6.54 Å². The van der Waals surface area contributed by atoms with Crippen molar-refractivity contribution in [2.45, 2.75) is 38.3 Å². The Hall–Kier alpha value is -2.15. The smallest absolute Gasteiger partial charge is 0.221 e. The van der Waals surface area contributed by atoms with Crippen molar-refractivity contribution < 1.29 is 18.7 Å². The summed E-state index contributed by atoms with van der Waals surface area (Å²) in [6, 6.07) is 6.63. The van der Waals surface area contributed by atoms with Crippen molar-refractivity contribution in [1.82, 2.24) is 15.5 Å². The SMILES string of the molecule is CC(=O)NC[C@H]1CC[C@@H](CC(=O)NCCOc2ccccc2F)N1C. The highest BCUT2D eigenvalue weighted by molar-refractivity contribution is 5.76. The Labute approximate surface area is 147 Å². The first-order valence-corrected chi connectivity index (χ1v) is 8.57. The van der Waals surface area contributed by atoms with Gasteiger partial charge in [-0.3, -0.25) is 14.5 Å². The molecule has 2 amide bonds. The molecule has 6 nitrogen and oxygen atoms in total. The Kier molecular flexibility index (Phi) is 7.18. The number of ether oxygens (including phenoxy) is 1. The van der Waals surface area contributed by atoms with Gasteiger partial charge in [0.25, 0.3) is 0 Å². The first kappa shape index (κ1) is 19.2. The number of carbonyl (C=O) groups excluding carboxylic acids is 2. The zero-order valence-electron chi connectivity index (χ0n) is 14.8. The summed E-state index contributed by atoms with van der Waals surface area (Å²) < 4.78 is 18.7. The number of para-hydroxylation sites is 1. The van der Waals surface area contributed by atoms with Crippen LogP contribution < -0.4 is 15.4 Å². The Bertz CT molecular complexity index is 597. The second-order valence-corrected chi connectivity index (χ2v) is 6.32. The maximum absolute atomic E-state index is 13.4. The molecule has 7 heteroatoms. The highest BCUT2D eigenvalue weighted by Gasteiger charge is 2.31. The van der Waals surface area contributed by atoms with Crippen LogP contribution in [0.25, 0.3) is 0 Å². The fourth-order valence-corrected chi connectivity index (χ4v) is 3.04. The van der Waals surface area contributed by atoms with Crippen LogP contribution in [0.1, 0.15) is 26.2 Å². The van der Waals surface area contributed by atoms with Gasteiger partial charge in [0, 0.05) is 32.0 Å². The van der Waals surface area contributed by atoms with Gasteiger partial charge in [-0.2, -0.15) is 0 Å². The van der Waals surface area contributed by atoms with E-state index in [-0.39, 0.29) is 36.3 Å². The normalized spacial score (nSPS) is 20.3. The average molecular weight is 351 g/mol. The molecule has 138 valence electrons. The second-order valence-electron chi connectivity index (χ2n) is 6.32. The minimum atomic E-state index is -0.411. The third-order valence-electron chi connectivity index (χ3n) is 4.51. The quantitative estimate of drug-likeness (QED) is 0.693. The largest absolute Gasteiger partial charge is 0.489 e. The number of hydrogen-bond donors (Lipinski definition) is 2. The predicted octanol–water partition coefficient (Wildman–Crippen LogP) is 1.31. The molecule has 1 fully saturated rings. The number of nitrogens with one attached hydrogen (secondary N) is 2. The number of rotatable bonds is 8. The van der Waals surface area contributed by atoms with E-state index < -0.39 is 5.82 Å². The molecule has 0 bridgehead atoms. The fraction of sp³-hybridized carbons (Fsp3) is 0.556. The topological polar surface area (TPSA) is 70.7 Å². The molecule has 0 saturated carbocycles. The number of likely N-dealkylation sites (tertiary alicyclic amines) is 1. The Morgan fingerprint density at radius 2 is 1.96 bits per heavy atom. The Balaban J connectivity index is 1.65. The molecule has 1 aliphatic rings. The molecule has 1 aliphatic heterocycles. The van der Waals surface area contributed by atoms with E-state index in [1.807, 2.05) is 7.05 Å². The van der Waals surface area contributed by atoms with Gasteiger partial charge in [-0.05, 0) is 32.0 Å². The standard InChI is InChI=1S/C18H26FN3O3/c1-13(23)21-12-15-8-7-14(22(15)2)11-18(24)20-9-10-25-17-6-4-3-5-16(17)19/h3-6,14-15H,7-12H2,1-2H3,(H,20,24)(H,21,23)/t14-,15+/m0/s1. The summed E-state index contributed by atoms with van der Waals surface area (Å²) in [7, 11) is 1.98. The highest BCUT2D eigenvalue weighted by atomic mass is 19.1. The van der Waals surface area contributed by atoms with Crippen LogP contribution in [-0.2, 0) is 9.59 Å². The van der Waals surface area contributed by atoms with Crippen LogP contribution in [0.3, 0.4) is 0 Å². The van der Waals surface area contributed by atoms with E-state index in [0.717, 1.165) is 12.8 Å². The van der Waals surface area contributed by atoms with Crippen molar-refractivity contribution in [2.75, 3.05) is 26.7 Å². The molecule has 2 atom stereocenters. The molecule has 25 heavy (non-hydrogen) atoms. The summed E-state index contributed by atoms with van der Waals surface area (Å²) in [4.78, 5) is 25.2. The number of halogens is 1. The number of carbonyl (C=O) groups is 2. The van der Waals surface area contributed by atoms with Gasteiger partial charge in [0.1, 0.15) is 6.61 Å². The van der Waals surface area contributed by atoms with Gasteiger partial charge in [-0.1, -0.05) is 12.1 Å². The number of nitrogens with zero attached hydrogens (tertiary/aromatic N) is 1. The minimum absolute atomic E-state index is 0.0376. The second kappa shape index (κ2) is 9.36. The minimum Gasteiger partial charge on any atom is -0.489 e. The van der Waals surface area contributed by atoms with Gasteiger partial charge in [-0.25, -0.2) is 4.39 Å². The maximum atomic E-state index is 13.4. The number of hydrogen-bond acceptors (Lipinski definition) is 4. The predicted molar refractivity (Wildman–Crippen MR) is 92.8 cm³/mol. The zero-order valence-corrected chi connectivity index (χ0v) is 14.8. The van der Waals surface area contributed by atoms with Crippen LogP contribution in [0.4, 0.5) is 4.39 Å². The summed E-state index contributed by atoms with van der Waals surface area (Å²) in [6.07, 6.45) is 2.30. The lowest BCUT2D eigenvalue weighted by atomic mass is 10.1. The van der Waals surface area contributed by atoms with E-state index in [1.54, 1.807) is 18.2 Å². The van der Waals surface area contributed by atoms with Gasteiger partial charge >= 0.3 is 0 Å². The number of amides is 2. The summed E-state index contributed by atoms with van der Waals surface area (Å²) in [5.41, 5.74) is 0. The van der Waals surface area contributed by atoms with Crippen LogP contribution in [0.5, 0.6) is 5.75 Å². The molecule has 0 aliphatic carbocycles. The van der Waals surface area contributed by atoms with Crippen molar-refractivity contribution >= 4 is 11.8 Å². The van der Waals surface area contributed by atoms with Crippen LogP contribution in [0.15, 0.2) is 24.3 Å². The van der Waals surface area contributed by atoms with Crippen molar-refractivity contribution in [3.05, 3.63) is 30.1 Å². The molecular formula is C18H26FN3O3. The van der Waals surface area contributed by atoms with E-state index >= 15 is 0 Å². The maximum Gasteiger partial charge on any atom is 0.221 e. The molecule has 1 aromatic carbocycles. The van der Waals surface area contributed by atoms with E-state index in [4.69, 9.17) is 4.74 Å². The first-order chi connectivity index (χ1) is 12.0. The average Bonchev–Trinajstić information content (AvgIpc) is 2.91. The molecule has 1 heterocycles. The number of likely N-dealkylation sites (N-methyl/N-ethyl adjacent to an activating group) is 1. The van der Waals surface area contributed by atoms with Gasteiger partial charge < -0.3 is 15.4 Å². The molecule has 1 aromatic rings. The summed E-state index contributed by atoms with van der Waals surface area (Å²) in [5.74, 6) is -0.307. The molecule has 0 aromatic heterocycles.